The highest BCUT2D eigenvalue weighted by atomic mass is 16.3. The molecule has 2 aliphatic rings. The minimum Gasteiger partial charge on any atom is -0.467 e. The molecular weight excluding hydrogens is 396 g/mol. The SMILES string of the molecule is Cc1[nH]n(-c2ccccc2)c(=O)c1C1=C(N2CCCC2)C(=O)N(Cc2ccco2)C1=O. The molecule has 158 valence electrons. The van der Waals surface area contributed by atoms with Gasteiger partial charge in [-0.2, -0.15) is 0 Å². The highest BCUT2D eigenvalue weighted by molar-refractivity contribution is 6.35. The Balaban J connectivity index is 1.64. The van der Waals surface area contributed by atoms with Gasteiger partial charge in [0.2, 0.25) is 0 Å². The van der Waals surface area contributed by atoms with Crippen LogP contribution < -0.4 is 5.56 Å². The van der Waals surface area contributed by atoms with Gasteiger partial charge in [-0.05, 0) is 44.0 Å². The fourth-order valence-electron chi connectivity index (χ4n) is 4.32. The third-order valence-corrected chi connectivity index (χ3v) is 5.80. The van der Waals surface area contributed by atoms with Gasteiger partial charge in [-0.25, -0.2) is 4.68 Å². The van der Waals surface area contributed by atoms with Gasteiger partial charge in [-0.1, -0.05) is 18.2 Å². The Kier molecular flexibility index (Phi) is 4.62. The molecular formula is C23H22N4O4. The second-order valence-corrected chi connectivity index (χ2v) is 7.78. The van der Waals surface area contributed by atoms with Crippen LogP contribution in [0.4, 0.5) is 0 Å². The van der Waals surface area contributed by atoms with E-state index in [9.17, 15) is 14.4 Å². The number of aromatic nitrogens is 2. The van der Waals surface area contributed by atoms with Crippen LogP contribution in [-0.2, 0) is 16.1 Å². The number of amides is 2. The number of aryl methyl sites for hydroxylation is 1. The van der Waals surface area contributed by atoms with Crippen LogP contribution in [0.15, 0.2) is 63.6 Å². The van der Waals surface area contributed by atoms with Gasteiger partial charge in [0.15, 0.2) is 0 Å². The van der Waals surface area contributed by atoms with E-state index < -0.39 is 5.91 Å². The molecule has 2 aliphatic heterocycles. The van der Waals surface area contributed by atoms with Crippen molar-refractivity contribution >= 4 is 17.4 Å². The van der Waals surface area contributed by atoms with Crippen LogP contribution >= 0.6 is 0 Å². The molecule has 1 fully saturated rings. The van der Waals surface area contributed by atoms with Crippen LogP contribution in [0.25, 0.3) is 11.3 Å². The Bertz CT molecular complexity index is 1230. The minimum absolute atomic E-state index is 0.0296. The summed E-state index contributed by atoms with van der Waals surface area (Å²) in [6.45, 7) is 3.14. The van der Waals surface area contributed by atoms with Crippen LogP contribution in [0.3, 0.4) is 0 Å². The number of carbonyl (C=O) groups is 2. The Hall–Kier alpha value is -3.81. The highest BCUT2D eigenvalue weighted by Gasteiger charge is 2.44. The summed E-state index contributed by atoms with van der Waals surface area (Å²) >= 11 is 0. The number of benzene rings is 1. The van der Waals surface area contributed by atoms with E-state index in [2.05, 4.69) is 5.10 Å². The molecule has 0 bridgehead atoms. The maximum absolute atomic E-state index is 13.5. The molecule has 2 aromatic heterocycles. The van der Waals surface area contributed by atoms with Crippen molar-refractivity contribution in [3.05, 3.63) is 81.8 Å². The summed E-state index contributed by atoms with van der Waals surface area (Å²) in [5.41, 5.74) is 1.58. The largest absolute Gasteiger partial charge is 0.467 e. The average molecular weight is 418 g/mol. The predicted molar refractivity (Wildman–Crippen MR) is 113 cm³/mol. The van der Waals surface area contributed by atoms with Crippen LogP contribution in [-0.4, -0.2) is 44.5 Å². The number of likely N-dealkylation sites (tertiary alicyclic amines) is 1. The smallest absolute Gasteiger partial charge is 0.279 e. The van der Waals surface area contributed by atoms with Crippen molar-refractivity contribution in [2.24, 2.45) is 0 Å². The normalized spacial score (nSPS) is 16.8. The Morgan fingerprint density at radius 2 is 1.71 bits per heavy atom. The van der Waals surface area contributed by atoms with Crippen molar-refractivity contribution in [3.63, 3.8) is 0 Å². The number of carbonyl (C=O) groups excluding carboxylic acids is 2. The fourth-order valence-corrected chi connectivity index (χ4v) is 4.32. The first-order valence-electron chi connectivity index (χ1n) is 10.3. The number of imide groups is 1. The van der Waals surface area contributed by atoms with E-state index >= 15 is 0 Å². The first kappa shape index (κ1) is 19.2. The van der Waals surface area contributed by atoms with Gasteiger partial charge in [-0.15, -0.1) is 0 Å². The van der Waals surface area contributed by atoms with Crippen molar-refractivity contribution in [1.29, 1.82) is 0 Å². The number of nitrogens with zero attached hydrogens (tertiary/aromatic N) is 3. The second kappa shape index (κ2) is 7.46. The van der Waals surface area contributed by atoms with E-state index in [0.29, 0.717) is 35.9 Å². The van der Waals surface area contributed by atoms with Crippen molar-refractivity contribution in [2.45, 2.75) is 26.3 Å². The van der Waals surface area contributed by atoms with E-state index in [1.165, 1.54) is 15.8 Å². The number of hydrogen-bond donors (Lipinski definition) is 1. The summed E-state index contributed by atoms with van der Waals surface area (Å²) in [4.78, 5) is 43.3. The van der Waals surface area contributed by atoms with Gasteiger partial charge in [0.1, 0.15) is 11.5 Å². The zero-order valence-corrected chi connectivity index (χ0v) is 17.1. The van der Waals surface area contributed by atoms with Gasteiger partial charge in [0, 0.05) is 18.8 Å². The first-order valence-corrected chi connectivity index (χ1v) is 10.3. The standard InChI is InChI=1S/C23H22N4O4/c1-15-18(22(29)27(24-15)16-8-3-2-4-9-16)19-20(25-11-5-6-12-25)23(30)26(21(19)28)14-17-10-7-13-31-17/h2-4,7-10,13,24H,5-6,11-12,14H2,1H3. The van der Waals surface area contributed by atoms with Crippen LogP contribution in [0.5, 0.6) is 0 Å². The van der Waals surface area contributed by atoms with Crippen molar-refractivity contribution in [1.82, 2.24) is 19.6 Å². The summed E-state index contributed by atoms with van der Waals surface area (Å²) in [7, 11) is 0. The molecule has 8 heteroatoms. The minimum atomic E-state index is -0.470. The molecule has 0 saturated carbocycles. The lowest BCUT2D eigenvalue weighted by molar-refractivity contribution is -0.138. The summed E-state index contributed by atoms with van der Waals surface area (Å²) in [6, 6.07) is 12.6. The quantitative estimate of drug-likeness (QED) is 0.643. The number of furan rings is 1. The van der Waals surface area contributed by atoms with Gasteiger partial charge in [-0.3, -0.25) is 24.4 Å². The van der Waals surface area contributed by atoms with Gasteiger partial charge < -0.3 is 9.32 Å². The molecule has 5 rings (SSSR count). The molecule has 1 saturated heterocycles. The Morgan fingerprint density at radius 3 is 2.39 bits per heavy atom. The summed E-state index contributed by atoms with van der Waals surface area (Å²) < 4.78 is 6.76. The monoisotopic (exact) mass is 418 g/mol. The maximum atomic E-state index is 13.5. The third-order valence-electron chi connectivity index (χ3n) is 5.80. The summed E-state index contributed by atoms with van der Waals surface area (Å²) in [5.74, 6) is -0.344. The maximum Gasteiger partial charge on any atom is 0.279 e. The number of para-hydroxylation sites is 1. The molecule has 4 heterocycles. The third kappa shape index (κ3) is 3.11. The van der Waals surface area contributed by atoms with E-state index in [0.717, 1.165) is 12.8 Å². The predicted octanol–water partition coefficient (Wildman–Crippen LogP) is 2.44. The molecule has 1 N–H and O–H groups in total. The highest BCUT2D eigenvalue weighted by Crippen LogP contribution is 2.34. The van der Waals surface area contributed by atoms with Crippen molar-refractivity contribution in [2.75, 3.05) is 13.1 Å². The van der Waals surface area contributed by atoms with Gasteiger partial charge in [0.25, 0.3) is 17.4 Å². The van der Waals surface area contributed by atoms with Crippen LogP contribution in [0.1, 0.15) is 29.9 Å². The van der Waals surface area contributed by atoms with E-state index in [1.54, 1.807) is 19.1 Å². The van der Waals surface area contributed by atoms with Gasteiger partial charge >= 0.3 is 0 Å². The number of aromatic amines is 1. The molecule has 0 aliphatic carbocycles. The second-order valence-electron chi connectivity index (χ2n) is 7.78. The van der Waals surface area contributed by atoms with E-state index in [4.69, 9.17) is 4.42 Å². The Morgan fingerprint density at radius 1 is 0.968 bits per heavy atom. The zero-order valence-electron chi connectivity index (χ0n) is 17.1. The summed E-state index contributed by atoms with van der Waals surface area (Å²) in [5, 5.41) is 3.06. The molecule has 31 heavy (non-hydrogen) atoms. The molecule has 2 amide bonds. The van der Waals surface area contributed by atoms with E-state index in [1.807, 2.05) is 35.2 Å². The fraction of sp³-hybridized carbons (Fsp3) is 0.261. The van der Waals surface area contributed by atoms with Gasteiger partial charge in [0.05, 0.1) is 29.6 Å². The molecule has 1 aromatic carbocycles. The molecule has 3 aromatic rings. The van der Waals surface area contributed by atoms with Crippen molar-refractivity contribution in [3.8, 4) is 5.69 Å². The molecule has 8 nitrogen and oxygen atoms in total. The lowest BCUT2D eigenvalue weighted by Gasteiger charge is -2.19. The van der Waals surface area contributed by atoms with Crippen LogP contribution in [0, 0.1) is 6.92 Å². The molecule has 0 radical (unpaired) electrons. The Labute approximate surface area is 178 Å². The number of rotatable bonds is 5. The topological polar surface area (TPSA) is 91.6 Å². The number of H-pyrrole nitrogens is 1. The molecule has 0 spiro atoms. The lowest BCUT2D eigenvalue weighted by atomic mass is 10.1. The van der Waals surface area contributed by atoms with Crippen LogP contribution in [0.2, 0.25) is 0 Å². The molecule has 0 atom stereocenters. The van der Waals surface area contributed by atoms with E-state index in [-0.39, 0.29) is 29.1 Å². The van der Waals surface area contributed by atoms with Crippen molar-refractivity contribution < 1.29 is 14.0 Å². The first-order chi connectivity index (χ1) is 15.1. The lowest BCUT2D eigenvalue weighted by Crippen LogP contribution is -2.34. The number of nitrogens with one attached hydrogen (secondary N) is 1. The number of hydrogen-bond acceptors (Lipinski definition) is 5. The average Bonchev–Trinajstić information content (AvgIpc) is 3.56. The summed E-state index contributed by atoms with van der Waals surface area (Å²) in [6.07, 6.45) is 3.39. The zero-order chi connectivity index (χ0) is 21.5. The molecule has 0 unspecified atom stereocenters.